The van der Waals surface area contributed by atoms with Crippen molar-refractivity contribution in [2.75, 3.05) is 0 Å². The van der Waals surface area contributed by atoms with Gasteiger partial charge in [-0.3, -0.25) is 0 Å². The van der Waals surface area contributed by atoms with Gasteiger partial charge in [0, 0.05) is 11.8 Å². The van der Waals surface area contributed by atoms with Crippen LogP contribution in [0.5, 0.6) is 5.75 Å². The highest BCUT2D eigenvalue weighted by Crippen LogP contribution is 2.30. The third-order valence-corrected chi connectivity index (χ3v) is 4.42. The van der Waals surface area contributed by atoms with Crippen LogP contribution in [0.3, 0.4) is 0 Å². The molecule has 5 aromatic rings. The van der Waals surface area contributed by atoms with Crippen LogP contribution in [0.1, 0.15) is 10.5 Å². The Hall–Kier alpha value is -4.40. The van der Waals surface area contributed by atoms with Crippen LogP contribution < -0.4 is 4.74 Å². The molecule has 140 valence electrons. The molecule has 0 amide bonds. The lowest BCUT2D eigenvalue weighted by Gasteiger charge is -2.08. The maximum absolute atomic E-state index is 12.5. The van der Waals surface area contributed by atoms with E-state index in [0.717, 1.165) is 22.2 Å². The molecule has 0 saturated carbocycles. The largest absolute Gasteiger partial charge is 0.422 e. The number of benzene rings is 2. The van der Waals surface area contributed by atoms with E-state index in [1.807, 2.05) is 36.4 Å². The monoisotopic (exact) mass is 383 g/mol. The fourth-order valence-corrected chi connectivity index (χ4v) is 3.08. The maximum Gasteiger partial charge on any atom is 0.364 e. The molecule has 0 radical (unpaired) electrons. The van der Waals surface area contributed by atoms with Crippen molar-refractivity contribution < 1.29 is 9.53 Å². The van der Waals surface area contributed by atoms with Gasteiger partial charge in [-0.15, -0.1) is 10.2 Å². The number of hydrogen-bond donors (Lipinski definition) is 2. The van der Waals surface area contributed by atoms with E-state index in [1.165, 1.54) is 12.5 Å². The average molecular weight is 383 g/mol. The molecule has 29 heavy (non-hydrogen) atoms. The Morgan fingerprint density at radius 2 is 1.76 bits per heavy atom. The molecule has 0 atom stereocenters. The number of nitrogens with zero attached hydrogens (tertiary/aromatic N) is 5. The number of H-pyrrole nitrogens is 2. The minimum absolute atomic E-state index is 0.162. The number of aromatic nitrogens is 7. The van der Waals surface area contributed by atoms with Gasteiger partial charge in [0.1, 0.15) is 11.3 Å². The number of hydrogen-bond acceptors (Lipinski definition) is 7. The molecule has 2 aromatic carbocycles. The molecule has 0 fully saturated rings. The number of carbonyl (C=O) groups excluding carboxylic acids is 1. The van der Waals surface area contributed by atoms with Gasteiger partial charge >= 0.3 is 5.97 Å². The third kappa shape index (κ3) is 3.10. The molecular formula is C20H13N7O2. The average Bonchev–Trinajstić information content (AvgIpc) is 3.46. The first-order chi connectivity index (χ1) is 14.3. The van der Waals surface area contributed by atoms with Crippen molar-refractivity contribution in [3.63, 3.8) is 0 Å². The molecule has 3 aromatic heterocycles. The summed E-state index contributed by atoms with van der Waals surface area (Å²) in [6, 6.07) is 16.7. The molecule has 2 N–H and O–H groups in total. The molecule has 0 aliphatic heterocycles. The molecular weight excluding hydrogens is 370 g/mol. The van der Waals surface area contributed by atoms with E-state index in [2.05, 4.69) is 35.6 Å². The van der Waals surface area contributed by atoms with E-state index in [0.29, 0.717) is 17.1 Å². The standard InChI is InChI=1S/C20H13N7O2/c28-20(18-17-16(9-10-21-18)22-11-23-17)29-13-7-5-12(6-8-13)14-3-1-2-4-15(14)19-24-26-27-25-19/h1-11H,(H,22,23)(H,24,25,26,27). The lowest BCUT2D eigenvalue weighted by molar-refractivity contribution is 0.0730. The predicted octanol–water partition coefficient (Wildman–Crippen LogP) is 3.02. The topological polar surface area (TPSA) is 122 Å². The minimum Gasteiger partial charge on any atom is -0.422 e. The SMILES string of the molecule is O=C(Oc1ccc(-c2ccccc2-c2nn[nH]n2)cc1)c1nccc2[nH]cnc12. The predicted molar refractivity (Wildman–Crippen MR) is 104 cm³/mol. The number of fused-ring (bicyclic) bond motifs is 1. The van der Waals surface area contributed by atoms with E-state index in [1.54, 1.807) is 18.2 Å². The summed E-state index contributed by atoms with van der Waals surface area (Å²) in [5.74, 6) is 0.349. The highest BCUT2D eigenvalue weighted by molar-refractivity contribution is 6.00. The summed E-state index contributed by atoms with van der Waals surface area (Å²) in [6.45, 7) is 0. The number of tetrazole rings is 1. The second-order valence-corrected chi connectivity index (χ2v) is 6.15. The van der Waals surface area contributed by atoms with Crippen LogP contribution in [0, 0.1) is 0 Å². The van der Waals surface area contributed by atoms with Gasteiger partial charge in [0.05, 0.1) is 11.8 Å². The highest BCUT2D eigenvalue weighted by atomic mass is 16.5. The fourth-order valence-electron chi connectivity index (χ4n) is 3.08. The number of esters is 1. The van der Waals surface area contributed by atoms with Gasteiger partial charge in [-0.1, -0.05) is 36.4 Å². The van der Waals surface area contributed by atoms with Crippen molar-refractivity contribution >= 4 is 17.0 Å². The maximum atomic E-state index is 12.5. The summed E-state index contributed by atoms with van der Waals surface area (Å²) in [7, 11) is 0. The molecule has 9 heteroatoms. The Bertz CT molecular complexity index is 1290. The highest BCUT2D eigenvalue weighted by Gasteiger charge is 2.16. The summed E-state index contributed by atoms with van der Waals surface area (Å²) >= 11 is 0. The first-order valence-corrected chi connectivity index (χ1v) is 8.73. The number of carbonyl (C=O) groups is 1. The summed E-state index contributed by atoms with van der Waals surface area (Å²) in [6.07, 6.45) is 3.05. The van der Waals surface area contributed by atoms with Crippen LogP contribution in [0.25, 0.3) is 33.5 Å². The summed E-state index contributed by atoms with van der Waals surface area (Å²) in [5, 5.41) is 14.2. The first-order valence-electron chi connectivity index (χ1n) is 8.73. The minimum atomic E-state index is -0.567. The van der Waals surface area contributed by atoms with Gasteiger partial charge in [-0.2, -0.15) is 5.21 Å². The lowest BCUT2D eigenvalue weighted by Crippen LogP contribution is -2.11. The van der Waals surface area contributed by atoms with Gasteiger partial charge < -0.3 is 9.72 Å². The van der Waals surface area contributed by atoms with Crippen LogP contribution in [-0.4, -0.2) is 41.5 Å². The molecule has 0 aliphatic carbocycles. The van der Waals surface area contributed by atoms with Crippen molar-refractivity contribution in [3.05, 3.63) is 72.8 Å². The first kappa shape index (κ1) is 16.8. The molecule has 5 rings (SSSR count). The smallest absolute Gasteiger partial charge is 0.364 e. The van der Waals surface area contributed by atoms with Crippen molar-refractivity contribution in [1.29, 1.82) is 0 Å². The fraction of sp³-hybridized carbons (Fsp3) is 0. The second-order valence-electron chi connectivity index (χ2n) is 6.15. The summed E-state index contributed by atoms with van der Waals surface area (Å²) < 4.78 is 5.48. The van der Waals surface area contributed by atoms with Gasteiger partial charge in [-0.25, -0.2) is 14.8 Å². The Balaban J connectivity index is 1.42. The van der Waals surface area contributed by atoms with E-state index >= 15 is 0 Å². The van der Waals surface area contributed by atoms with E-state index < -0.39 is 5.97 Å². The van der Waals surface area contributed by atoms with Crippen LogP contribution in [0.15, 0.2) is 67.1 Å². The molecule has 3 heterocycles. The Morgan fingerprint density at radius 3 is 2.55 bits per heavy atom. The quantitative estimate of drug-likeness (QED) is 0.361. The second kappa shape index (κ2) is 6.97. The number of rotatable bonds is 4. The normalized spacial score (nSPS) is 10.9. The van der Waals surface area contributed by atoms with Gasteiger partial charge in [0.15, 0.2) is 5.69 Å². The summed E-state index contributed by atoms with van der Waals surface area (Å²) in [4.78, 5) is 23.7. The van der Waals surface area contributed by atoms with Crippen LogP contribution in [-0.2, 0) is 0 Å². The number of aromatic amines is 2. The zero-order valence-corrected chi connectivity index (χ0v) is 14.9. The Labute approximate surface area is 163 Å². The lowest BCUT2D eigenvalue weighted by atomic mass is 9.99. The molecule has 0 aliphatic rings. The Morgan fingerprint density at radius 1 is 0.931 bits per heavy atom. The van der Waals surface area contributed by atoms with E-state index in [-0.39, 0.29) is 5.69 Å². The Kier molecular flexibility index (Phi) is 4.02. The van der Waals surface area contributed by atoms with Crippen molar-refractivity contribution in [2.24, 2.45) is 0 Å². The van der Waals surface area contributed by atoms with Crippen molar-refractivity contribution in [3.8, 4) is 28.3 Å². The van der Waals surface area contributed by atoms with Crippen molar-refractivity contribution in [2.45, 2.75) is 0 Å². The number of ether oxygens (including phenoxy) is 1. The third-order valence-electron chi connectivity index (χ3n) is 4.42. The molecule has 0 bridgehead atoms. The molecule has 0 saturated heterocycles. The van der Waals surface area contributed by atoms with Gasteiger partial charge in [-0.05, 0) is 34.5 Å². The summed E-state index contributed by atoms with van der Waals surface area (Å²) in [5.41, 5.74) is 4.08. The number of nitrogens with one attached hydrogen (secondary N) is 2. The van der Waals surface area contributed by atoms with Crippen LogP contribution >= 0.6 is 0 Å². The molecule has 0 spiro atoms. The van der Waals surface area contributed by atoms with E-state index in [4.69, 9.17) is 4.74 Å². The molecule has 9 nitrogen and oxygen atoms in total. The zero-order valence-electron chi connectivity index (χ0n) is 14.9. The van der Waals surface area contributed by atoms with E-state index in [9.17, 15) is 4.79 Å². The molecule has 0 unspecified atom stereocenters. The van der Waals surface area contributed by atoms with Crippen LogP contribution in [0.2, 0.25) is 0 Å². The van der Waals surface area contributed by atoms with Gasteiger partial charge in [0.2, 0.25) is 5.82 Å². The number of imidazole rings is 1. The number of pyridine rings is 1. The van der Waals surface area contributed by atoms with Gasteiger partial charge in [0.25, 0.3) is 0 Å². The zero-order chi connectivity index (χ0) is 19.6. The van der Waals surface area contributed by atoms with Crippen molar-refractivity contribution in [1.82, 2.24) is 35.6 Å². The van der Waals surface area contributed by atoms with Crippen LogP contribution in [0.4, 0.5) is 0 Å².